The number of carbonyl (C=O) groups is 2. The van der Waals surface area contributed by atoms with Crippen LogP contribution in [0.25, 0.3) is 0 Å². The van der Waals surface area contributed by atoms with E-state index in [0.29, 0.717) is 36.7 Å². The van der Waals surface area contributed by atoms with Gasteiger partial charge in [0.25, 0.3) is 5.91 Å². The fraction of sp³-hybridized carbons (Fsp3) is 0.286. The molecule has 0 heterocycles. The van der Waals surface area contributed by atoms with Crippen molar-refractivity contribution in [2.24, 2.45) is 5.92 Å². The van der Waals surface area contributed by atoms with E-state index in [1.54, 1.807) is 24.3 Å². The van der Waals surface area contributed by atoms with Crippen LogP contribution in [-0.2, 0) is 11.2 Å². The molecule has 0 aliphatic rings. The van der Waals surface area contributed by atoms with E-state index in [9.17, 15) is 9.59 Å². The second kappa shape index (κ2) is 11.0. The molecule has 7 heteroatoms. The maximum absolute atomic E-state index is 12.1. The number of amides is 2. The zero-order chi connectivity index (χ0) is 20.4. The van der Waals surface area contributed by atoms with Gasteiger partial charge in [0.05, 0.1) is 6.61 Å². The smallest absolute Gasteiger partial charge is 0.269 e. The molecule has 0 radical (unpaired) electrons. The molecule has 2 rings (SSSR count). The summed E-state index contributed by atoms with van der Waals surface area (Å²) in [6, 6.07) is 16.5. The standard InChI is InChI=1S/C21H25N3O3S/c1-15(2)14-27-18-11-9-17(10-12-18)20(26)23-24-21(28)22-19(25)13-8-16-6-4-3-5-7-16/h3-7,9-12,15H,8,13-14H2,1-2H3,(H,23,26)(H2,22,24,25,28). The van der Waals surface area contributed by atoms with Crippen molar-refractivity contribution in [2.75, 3.05) is 6.61 Å². The molecule has 0 aliphatic heterocycles. The summed E-state index contributed by atoms with van der Waals surface area (Å²) in [6.07, 6.45) is 0.921. The lowest BCUT2D eigenvalue weighted by molar-refractivity contribution is -0.119. The van der Waals surface area contributed by atoms with Gasteiger partial charge in [0.2, 0.25) is 5.91 Å². The van der Waals surface area contributed by atoms with Gasteiger partial charge in [-0.3, -0.25) is 20.4 Å². The summed E-state index contributed by atoms with van der Waals surface area (Å²) in [5.41, 5.74) is 6.52. The predicted molar refractivity (Wildman–Crippen MR) is 113 cm³/mol. The molecule has 0 unspecified atom stereocenters. The average molecular weight is 400 g/mol. The van der Waals surface area contributed by atoms with Crippen LogP contribution in [0.4, 0.5) is 0 Å². The lowest BCUT2D eigenvalue weighted by atomic mass is 10.1. The van der Waals surface area contributed by atoms with Crippen molar-refractivity contribution < 1.29 is 14.3 Å². The quantitative estimate of drug-likeness (QED) is 0.493. The van der Waals surface area contributed by atoms with Crippen molar-refractivity contribution in [3.63, 3.8) is 0 Å². The van der Waals surface area contributed by atoms with Crippen LogP contribution in [-0.4, -0.2) is 23.5 Å². The molecule has 2 aromatic rings. The number of rotatable bonds is 7. The summed E-state index contributed by atoms with van der Waals surface area (Å²) >= 11 is 5.03. The van der Waals surface area contributed by atoms with Crippen LogP contribution in [0.1, 0.15) is 36.2 Å². The van der Waals surface area contributed by atoms with Gasteiger partial charge in [-0.1, -0.05) is 44.2 Å². The van der Waals surface area contributed by atoms with Crippen LogP contribution in [0, 0.1) is 5.92 Å². The van der Waals surface area contributed by atoms with E-state index in [1.165, 1.54) is 0 Å². The third-order valence-corrected chi connectivity index (χ3v) is 3.93. The molecule has 3 N–H and O–H groups in total. The molecule has 0 aliphatic carbocycles. The molecular formula is C21H25N3O3S. The van der Waals surface area contributed by atoms with Gasteiger partial charge in [-0.15, -0.1) is 0 Å². The number of hydrazine groups is 1. The Kier molecular flexibility index (Phi) is 8.42. The van der Waals surface area contributed by atoms with Crippen LogP contribution in [0.3, 0.4) is 0 Å². The molecule has 2 aromatic carbocycles. The van der Waals surface area contributed by atoms with Crippen LogP contribution in [0.5, 0.6) is 5.75 Å². The molecule has 0 saturated carbocycles. The molecule has 2 amide bonds. The molecule has 0 saturated heterocycles. The van der Waals surface area contributed by atoms with Crippen LogP contribution in [0.15, 0.2) is 54.6 Å². The molecule has 148 valence electrons. The Balaban J connectivity index is 1.71. The van der Waals surface area contributed by atoms with E-state index >= 15 is 0 Å². The second-order valence-electron chi connectivity index (χ2n) is 6.67. The highest BCUT2D eigenvalue weighted by molar-refractivity contribution is 7.80. The molecule has 0 bridgehead atoms. The first kappa shape index (κ1) is 21.4. The molecular weight excluding hydrogens is 374 g/mol. The molecule has 0 spiro atoms. The van der Waals surface area contributed by atoms with Gasteiger partial charge in [0, 0.05) is 12.0 Å². The van der Waals surface area contributed by atoms with Crippen LogP contribution >= 0.6 is 12.2 Å². The minimum Gasteiger partial charge on any atom is -0.493 e. The normalized spacial score (nSPS) is 10.2. The maximum Gasteiger partial charge on any atom is 0.269 e. The van der Waals surface area contributed by atoms with Crippen molar-refractivity contribution >= 4 is 29.1 Å². The van der Waals surface area contributed by atoms with E-state index in [2.05, 4.69) is 30.0 Å². The lowest BCUT2D eigenvalue weighted by Crippen LogP contribution is -2.48. The number of aryl methyl sites for hydroxylation is 1. The monoisotopic (exact) mass is 399 g/mol. The number of hydrogen-bond acceptors (Lipinski definition) is 4. The largest absolute Gasteiger partial charge is 0.493 e. The van der Waals surface area contributed by atoms with Gasteiger partial charge < -0.3 is 10.1 Å². The SMILES string of the molecule is CC(C)COc1ccc(C(=O)NNC(=S)NC(=O)CCc2ccccc2)cc1. The van der Waals surface area contributed by atoms with E-state index in [1.807, 2.05) is 30.3 Å². The number of hydrogen-bond donors (Lipinski definition) is 3. The average Bonchev–Trinajstić information content (AvgIpc) is 2.70. The highest BCUT2D eigenvalue weighted by Crippen LogP contribution is 2.13. The number of thiocarbonyl (C=S) groups is 1. The van der Waals surface area contributed by atoms with Gasteiger partial charge >= 0.3 is 0 Å². The first-order chi connectivity index (χ1) is 13.4. The van der Waals surface area contributed by atoms with E-state index < -0.39 is 0 Å². The third kappa shape index (κ3) is 7.75. The van der Waals surface area contributed by atoms with Gasteiger partial charge in [-0.2, -0.15) is 0 Å². The summed E-state index contributed by atoms with van der Waals surface area (Å²) in [6.45, 7) is 4.75. The summed E-state index contributed by atoms with van der Waals surface area (Å²) in [7, 11) is 0. The fourth-order valence-corrected chi connectivity index (χ4v) is 2.44. The van der Waals surface area contributed by atoms with Crippen molar-refractivity contribution in [1.82, 2.24) is 16.2 Å². The van der Waals surface area contributed by atoms with Gasteiger partial charge in [-0.25, -0.2) is 0 Å². The molecule has 0 atom stereocenters. The van der Waals surface area contributed by atoms with Crippen molar-refractivity contribution in [1.29, 1.82) is 0 Å². The summed E-state index contributed by atoms with van der Waals surface area (Å²) < 4.78 is 5.58. The Labute approximate surface area is 170 Å². The number of carbonyl (C=O) groups excluding carboxylic acids is 2. The van der Waals surface area contributed by atoms with Crippen LogP contribution in [0.2, 0.25) is 0 Å². The molecule has 0 fully saturated rings. The maximum atomic E-state index is 12.1. The summed E-state index contributed by atoms with van der Waals surface area (Å²) in [5, 5.41) is 2.58. The van der Waals surface area contributed by atoms with Gasteiger partial charge in [0.15, 0.2) is 5.11 Å². The number of benzene rings is 2. The Hall–Kier alpha value is -2.93. The first-order valence-electron chi connectivity index (χ1n) is 9.11. The van der Waals surface area contributed by atoms with E-state index in [4.69, 9.17) is 17.0 Å². The van der Waals surface area contributed by atoms with E-state index in [0.717, 1.165) is 5.56 Å². The topological polar surface area (TPSA) is 79.5 Å². The minimum absolute atomic E-state index is 0.0447. The van der Waals surface area contributed by atoms with E-state index in [-0.39, 0.29) is 16.9 Å². The Morgan fingerprint density at radius 3 is 2.32 bits per heavy atom. The molecule has 28 heavy (non-hydrogen) atoms. The number of ether oxygens (including phenoxy) is 1. The predicted octanol–water partition coefficient (Wildman–Crippen LogP) is 2.99. The van der Waals surface area contributed by atoms with Crippen molar-refractivity contribution in [3.05, 3.63) is 65.7 Å². The van der Waals surface area contributed by atoms with Crippen molar-refractivity contribution in [2.45, 2.75) is 26.7 Å². The summed E-state index contributed by atoms with van der Waals surface area (Å²) in [4.78, 5) is 24.1. The minimum atomic E-state index is -0.365. The summed E-state index contributed by atoms with van der Waals surface area (Å²) in [5.74, 6) is 0.550. The molecule has 0 aromatic heterocycles. The van der Waals surface area contributed by atoms with Crippen LogP contribution < -0.4 is 20.9 Å². The Morgan fingerprint density at radius 2 is 1.68 bits per heavy atom. The molecule has 6 nitrogen and oxygen atoms in total. The third-order valence-electron chi connectivity index (χ3n) is 3.73. The second-order valence-corrected chi connectivity index (χ2v) is 7.08. The zero-order valence-electron chi connectivity index (χ0n) is 16.0. The van der Waals surface area contributed by atoms with Gasteiger partial charge in [-0.05, 0) is 54.4 Å². The van der Waals surface area contributed by atoms with Crippen molar-refractivity contribution in [3.8, 4) is 5.75 Å². The highest BCUT2D eigenvalue weighted by Gasteiger charge is 2.08. The van der Waals surface area contributed by atoms with Gasteiger partial charge in [0.1, 0.15) is 5.75 Å². The Morgan fingerprint density at radius 1 is 1.00 bits per heavy atom. The highest BCUT2D eigenvalue weighted by atomic mass is 32.1. The fourth-order valence-electron chi connectivity index (χ4n) is 2.27. The first-order valence-corrected chi connectivity index (χ1v) is 9.52. The Bertz CT molecular complexity index is 792. The lowest BCUT2D eigenvalue weighted by Gasteiger charge is -2.12. The number of nitrogens with one attached hydrogen (secondary N) is 3. The zero-order valence-corrected chi connectivity index (χ0v) is 16.8.